The number of nitrogens with one attached hydrogen (secondary N) is 1. The Morgan fingerprint density at radius 3 is 2.67 bits per heavy atom. The second-order valence-electron chi connectivity index (χ2n) is 8.04. The van der Waals surface area contributed by atoms with Gasteiger partial charge in [-0.3, -0.25) is 9.59 Å². The van der Waals surface area contributed by atoms with Gasteiger partial charge in [0.1, 0.15) is 11.6 Å². The van der Waals surface area contributed by atoms with Gasteiger partial charge in [-0.2, -0.15) is 9.78 Å². The van der Waals surface area contributed by atoms with Crippen LogP contribution in [0.2, 0.25) is 0 Å². The third-order valence-electron chi connectivity index (χ3n) is 5.76. The molecule has 166 valence electrons. The maximum absolute atomic E-state index is 13.1. The van der Waals surface area contributed by atoms with Crippen molar-refractivity contribution in [2.24, 2.45) is 5.92 Å². The topological polar surface area (TPSA) is 89.3 Å². The van der Waals surface area contributed by atoms with Crippen LogP contribution >= 0.6 is 0 Å². The molecular weight excluding hydrogens is 418 g/mol. The lowest BCUT2D eigenvalue weighted by Crippen LogP contribution is -2.28. The van der Waals surface area contributed by atoms with Crippen molar-refractivity contribution in [3.05, 3.63) is 72.4 Å². The molecule has 2 aromatic heterocycles. The fourth-order valence-corrected chi connectivity index (χ4v) is 4.06. The molecule has 2 aromatic carbocycles. The molecule has 4 aromatic rings. The first-order chi connectivity index (χ1) is 16.0. The van der Waals surface area contributed by atoms with Crippen molar-refractivity contribution in [3.8, 4) is 11.6 Å². The molecule has 0 saturated carbocycles. The van der Waals surface area contributed by atoms with Crippen molar-refractivity contribution >= 4 is 34.2 Å². The quantitative estimate of drug-likeness (QED) is 0.510. The molecule has 1 aliphatic rings. The number of hydrogen-bond acceptors (Lipinski definition) is 5. The highest BCUT2D eigenvalue weighted by Gasteiger charge is 2.35. The monoisotopic (exact) mass is 441 g/mol. The van der Waals surface area contributed by atoms with Crippen LogP contribution in [0.4, 0.5) is 11.5 Å². The van der Waals surface area contributed by atoms with E-state index < -0.39 is 5.92 Å². The van der Waals surface area contributed by atoms with Crippen molar-refractivity contribution in [2.45, 2.75) is 13.3 Å². The molecule has 0 aliphatic carbocycles. The number of methoxy groups -OCH3 is 1. The number of para-hydroxylation sites is 1. The summed E-state index contributed by atoms with van der Waals surface area (Å²) < 4.78 is 6.80. The Morgan fingerprint density at radius 1 is 1.09 bits per heavy atom. The summed E-state index contributed by atoms with van der Waals surface area (Å²) in [5.41, 5.74) is 2.34. The predicted molar refractivity (Wildman–Crippen MR) is 126 cm³/mol. The van der Waals surface area contributed by atoms with E-state index in [0.29, 0.717) is 23.9 Å². The van der Waals surface area contributed by atoms with Gasteiger partial charge in [-0.25, -0.2) is 4.98 Å². The number of amides is 2. The predicted octanol–water partition coefficient (Wildman–Crippen LogP) is 3.73. The number of aromatic nitrogens is 3. The first-order valence-corrected chi connectivity index (χ1v) is 10.7. The number of hydrogen-bond donors (Lipinski definition) is 1. The summed E-state index contributed by atoms with van der Waals surface area (Å²) in [6, 6.07) is 20.7. The van der Waals surface area contributed by atoms with Gasteiger partial charge in [0.2, 0.25) is 11.8 Å². The molecule has 3 heterocycles. The van der Waals surface area contributed by atoms with Crippen LogP contribution < -0.4 is 15.0 Å². The fraction of sp³-hybridized carbons (Fsp3) is 0.200. The van der Waals surface area contributed by atoms with E-state index in [0.717, 1.165) is 22.3 Å². The van der Waals surface area contributed by atoms with Gasteiger partial charge in [0.05, 0.1) is 24.2 Å². The molecule has 8 nitrogen and oxygen atoms in total. The summed E-state index contributed by atoms with van der Waals surface area (Å²) in [6.45, 7) is 2.18. The Morgan fingerprint density at radius 2 is 1.88 bits per heavy atom. The first kappa shape index (κ1) is 20.7. The highest BCUT2D eigenvalue weighted by molar-refractivity contribution is 6.03. The van der Waals surface area contributed by atoms with Gasteiger partial charge in [0.15, 0.2) is 5.82 Å². The van der Waals surface area contributed by atoms with E-state index in [2.05, 4.69) is 15.4 Å². The Bertz CT molecular complexity index is 1350. The van der Waals surface area contributed by atoms with Gasteiger partial charge in [-0.15, -0.1) is 0 Å². The van der Waals surface area contributed by atoms with Gasteiger partial charge < -0.3 is 15.0 Å². The largest absolute Gasteiger partial charge is 0.497 e. The molecule has 5 rings (SSSR count). The lowest BCUT2D eigenvalue weighted by Gasteiger charge is -2.17. The minimum atomic E-state index is -0.465. The second-order valence-corrected chi connectivity index (χ2v) is 8.04. The third kappa shape index (κ3) is 4.03. The lowest BCUT2D eigenvalue weighted by atomic mass is 10.1. The maximum Gasteiger partial charge on any atom is 0.230 e. The van der Waals surface area contributed by atoms with Crippen molar-refractivity contribution in [3.63, 3.8) is 0 Å². The highest BCUT2D eigenvalue weighted by Crippen LogP contribution is 2.28. The van der Waals surface area contributed by atoms with Gasteiger partial charge in [-0.05, 0) is 49.4 Å². The van der Waals surface area contributed by atoms with E-state index in [1.807, 2.05) is 55.5 Å². The van der Waals surface area contributed by atoms with E-state index in [1.54, 1.807) is 34.9 Å². The molecule has 1 aliphatic heterocycles. The number of pyridine rings is 1. The average Bonchev–Trinajstić information content (AvgIpc) is 3.41. The van der Waals surface area contributed by atoms with E-state index >= 15 is 0 Å². The first-order valence-electron chi connectivity index (χ1n) is 10.7. The van der Waals surface area contributed by atoms with E-state index in [4.69, 9.17) is 4.74 Å². The molecule has 33 heavy (non-hydrogen) atoms. The molecule has 0 bridgehead atoms. The van der Waals surface area contributed by atoms with Crippen LogP contribution in [0.3, 0.4) is 0 Å². The summed E-state index contributed by atoms with van der Waals surface area (Å²) in [5, 5.41) is 8.49. The van der Waals surface area contributed by atoms with Crippen molar-refractivity contribution in [2.75, 3.05) is 23.9 Å². The number of benzene rings is 2. The molecule has 0 radical (unpaired) electrons. The highest BCUT2D eigenvalue weighted by atomic mass is 16.5. The number of aryl methyl sites for hydroxylation is 1. The Labute approximate surface area is 190 Å². The molecule has 8 heteroatoms. The zero-order chi connectivity index (χ0) is 22.9. The van der Waals surface area contributed by atoms with E-state index in [-0.39, 0.29) is 18.2 Å². The van der Waals surface area contributed by atoms with Crippen molar-refractivity contribution < 1.29 is 14.3 Å². The minimum absolute atomic E-state index is 0.0822. The molecule has 0 spiro atoms. The number of nitrogens with zero attached hydrogens (tertiary/aromatic N) is 4. The molecule has 1 N–H and O–H groups in total. The lowest BCUT2D eigenvalue weighted by molar-refractivity contribution is -0.122. The fourth-order valence-electron chi connectivity index (χ4n) is 4.06. The Hall–Kier alpha value is -4.20. The van der Waals surface area contributed by atoms with Crippen LogP contribution in [0.5, 0.6) is 5.75 Å². The van der Waals surface area contributed by atoms with Crippen LogP contribution in [0.1, 0.15) is 12.1 Å². The summed E-state index contributed by atoms with van der Waals surface area (Å²) >= 11 is 0. The van der Waals surface area contributed by atoms with E-state index in [1.165, 1.54) is 0 Å². The summed E-state index contributed by atoms with van der Waals surface area (Å²) in [6.07, 6.45) is 0.152. The van der Waals surface area contributed by atoms with Gasteiger partial charge in [0.25, 0.3) is 0 Å². The van der Waals surface area contributed by atoms with Crippen LogP contribution in [-0.4, -0.2) is 40.2 Å². The zero-order valence-electron chi connectivity index (χ0n) is 18.4. The number of fused-ring (bicyclic) bond motifs is 1. The SMILES string of the molecule is COc1ccc(N2CC(C(=O)Nc3cc(C)nn3-c3ccc4ccccc4n3)CC2=O)cc1. The smallest absolute Gasteiger partial charge is 0.230 e. The van der Waals surface area contributed by atoms with Crippen LogP contribution in [0.25, 0.3) is 16.7 Å². The van der Waals surface area contributed by atoms with E-state index in [9.17, 15) is 9.59 Å². The number of ether oxygens (including phenoxy) is 1. The van der Waals surface area contributed by atoms with Crippen LogP contribution in [-0.2, 0) is 9.59 Å². The third-order valence-corrected chi connectivity index (χ3v) is 5.76. The molecule has 1 atom stereocenters. The average molecular weight is 441 g/mol. The molecule has 1 fully saturated rings. The number of carbonyl (C=O) groups excluding carboxylic acids is 2. The summed E-state index contributed by atoms with van der Waals surface area (Å²) in [5.74, 6) is 1.08. The zero-order valence-corrected chi connectivity index (χ0v) is 18.4. The van der Waals surface area contributed by atoms with Gasteiger partial charge in [0, 0.05) is 30.1 Å². The normalized spacial score (nSPS) is 15.8. The molecular formula is C25H23N5O3. The van der Waals surface area contributed by atoms with Crippen molar-refractivity contribution in [1.82, 2.24) is 14.8 Å². The summed E-state index contributed by atoms with van der Waals surface area (Å²) in [7, 11) is 1.59. The van der Waals surface area contributed by atoms with Crippen molar-refractivity contribution in [1.29, 1.82) is 0 Å². The molecule has 1 unspecified atom stereocenters. The molecule has 2 amide bonds. The summed E-state index contributed by atoms with van der Waals surface area (Å²) in [4.78, 5) is 32.0. The number of rotatable bonds is 5. The van der Waals surface area contributed by atoms with Gasteiger partial charge >= 0.3 is 0 Å². The molecule has 1 saturated heterocycles. The second kappa shape index (κ2) is 8.38. The Kier molecular flexibility index (Phi) is 5.26. The van der Waals surface area contributed by atoms with Crippen LogP contribution in [0, 0.1) is 12.8 Å². The Balaban J connectivity index is 1.35. The van der Waals surface area contributed by atoms with Gasteiger partial charge in [-0.1, -0.05) is 18.2 Å². The minimum Gasteiger partial charge on any atom is -0.497 e. The standard InChI is InChI=1S/C25H23N5O3/c1-16-13-23(30(28-16)22-12-7-17-5-3-4-6-21(17)26-22)27-25(32)18-14-24(31)29(15-18)19-8-10-20(33-2)11-9-19/h3-13,18H,14-15H2,1-2H3,(H,27,32). The number of anilines is 2. The maximum atomic E-state index is 13.1. The van der Waals surface area contributed by atoms with Crippen LogP contribution in [0.15, 0.2) is 66.7 Å². The number of carbonyl (C=O) groups is 2.